The van der Waals surface area contributed by atoms with Crippen LogP contribution in [0.1, 0.15) is 23.0 Å². The lowest BCUT2D eigenvalue weighted by molar-refractivity contribution is 0.103. The first kappa shape index (κ1) is 14.3. The molecule has 0 aliphatic rings. The van der Waals surface area contributed by atoms with Crippen molar-refractivity contribution in [1.82, 2.24) is 14.8 Å². The van der Waals surface area contributed by atoms with Crippen molar-refractivity contribution in [2.75, 3.05) is 29.5 Å². The van der Waals surface area contributed by atoms with Gasteiger partial charge in [0.05, 0.1) is 0 Å². The van der Waals surface area contributed by atoms with Gasteiger partial charge in [0.1, 0.15) is 10.7 Å². The Hall–Kier alpha value is -2.09. The highest BCUT2D eigenvalue weighted by Crippen LogP contribution is 2.28. The van der Waals surface area contributed by atoms with Gasteiger partial charge in [0.2, 0.25) is 0 Å². The zero-order valence-corrected chi connectivity index (χ0v) is 12.6. The Morgan fingerprint density at radius 3 is 2.95 bits per heavy atom. The van der Waals surface area contributed by atoms with Crippen LogP contribution in [0.3, 0.4) is 0 Å². The minimum atomic E-state index is -0.283. The normalized spacial score (nSPS) is 10.6. The Balaban J connectivity index is 2.13. The van der Waals surface area contributed by atoms with Crippen molar-refractivity contribution >= 4 is 34.0 Å². The number of amides is 1. The van der Waals surface area contributed by atoms with E-state index < -0.39 is 0 Å². The number of carbonyl (C=O) groups is 1. The average Bonchev–Trinajstić information content (AvgIpc) is 2.96. The van der Waals surface area contributed by atoms with Gasteiger partial charge in [0, 0.05) is 32.9 Å². The number of aryl methyl sites for hydroxylation is 1. The number of nitrogens with two attached hydrogens (primary N) is 1. The molecule has 2 aromatic rings. The highest BCUT2D eigenvalue weighted by molar-refractivity contribution is 7.18. The number of carbonyl (C=O) groups excluding carboxylic acids is 1. The van der Waals surface area contributed by atoms with Crippen LogP contribution in [0.4, 0.5) is 16.8 Å². The van der Waals surface area contributed by atoms with Crippen molar-refractivity contribution in [3.8, 4) is 0 Å². The van der Waals surface area contributed by atoms with E-state index in [4.69, 9.17) is 5.73 Å². The summed E-state index contributed by atoms with van der Waals surface area (Å²) in [6.45, 7) is 2.95. The van der Waals surface area contributed by atoms with Gasteiger partial charge in [-0.05, 0) is 6.42 Å². The van der Waals surface area contributed by atoms with Crippen LogP contribution in [0, 0.1) is 0 Å². The minimum absolute atomic E-state index is 0.251. The Labute approximate surface area is 121 Å². The third-order valence-electron chi connectivity index (χ3n) is 2.69. The first-order valence-electron chi connectivity index (χ1n) is 6.29. The van der Waals surface area contributed by atoms with E-state index in [1.54, 1.807) is 24.0 Å². The molecular formula is C12H18N6OS. The van der Waals surface area contributed by atoms with Gasteiger partial charge in [-0.15, -0.1) is 0 Å². The van der Waals surface area contributed by atoms with Crippen molar-refractivity contribution in [3.05, 3.63) is 17.1 Å². The van der Waals surface area contributed by atoms with Crippen molar-refractivity contribution in [3.63, 3.8) is 0 Å². The predicted molar refractivity (Wildman–Crippen MR) is 81.2 cm³/mol. The maximum absolute atomic E-state index is 12.1. The molecule has 0 radical (unpaired) electrons. The molecule has 20 heavy (non-hydrogen) atoms. The lowest BCUT2D eigenvalue weighted by Crippen LogP contribution is -2.17. The Bertz CT molecular complexity index is 605. The fraction of sp³-hybridized carbons (Fsp3) is 0.417. The molecule has 0 aromatic carbocycles. The maximum atomic E-state index is 12.1. The van der Waals surface area contributed by atoms with Crippen LogP contribution in [0.15, 0.2) is 12.3 Å². The molecule has 3 N–H and O–H groups in total. The second-order valence-electron chi connectivity index (χ2n) is 4.46. The summed E-state index contributed by atoms with van der Waals surface area (Å²) in [7, 11) is 3.72. The second-order valence-corrected chi connectivity index (χ2v) is 5.44. The summed E-state index contributed by atoms with van der Waals surface area (Å²) in [6, 6.07) is 1.72. The Morgan fingerprint density at radius 1 is 1.60 bits per heavy atom. The largest absolute Gasteiger partial charge is 0.382 e. The van der Waals surface area contributed by atoms with Gasteiger partial charge < -0.3 is 16.0 Å². The summed E-state index contributed by atoms with van der Waals surface area (Å²) in [6.07, 6.45) is 2.76. The van der Waals surface area contributed by atoms with E-state index in [0.717, 1.165) is 18.1 Å². The van der Waals surface area contributed by atoms with Gasteiger partial charge in [-0.25, -0.2) is 4.98 Å². The number of anilines is 3. The van der Waals surface area contributed by atoms with E-state index in [1.807, 2.05) is 11.9 Å². The molecule has 2 heterocycles. The summed E-state index contributed by atoms with van der Waals surface area (Å²) in [5.41, 5.74) is 5.82. The van der Waals surface area contributed by atoms with E-state index >= 15 is 0 Å². The fourth-order valence-corrected chi connectivity index (χ4v) is 2.60. The molecule has 8 heteroatoms. The zero-order chi connectivity index (χ0) is 14.7. The van der Waals surface area contributed by atoms with Gasteiger partial charge in [0.15, 0.2) is 10.9 Å². The van der Waals surface area contributed by atoms with Crippen molar-refractivity contribution in [1.29, 1.82) is 0 Å². The van der Waals surface area contributed by atoms with Gasteiger partial charge in [-0.1, -0.05) is 18.3 Å². The van der Waals surface area contributed by atoms with Crippen molar-refractivity contribution < 1.29 is 4.79 Å². The van der Waals surface area contributed by atoms with Crippen LogP contribution >= 0.6 is 11.3 Å². The van der Waals surface area contributed by atoms with Crippen molar-refractivity contribution in [2.24, 2.45) is 7.05 Å². The molecule has 0 unspecified atom stereocenters. The zero-order valence-electron chi connectivity index (χ0n) is 11.8. The van der Waals surface area contributed by atoms with Gasteiger partial charge >= 0.3 is 0 Å². The third-order valence-corrected chi connectivity index (χ3v) is 3.87. The van der Waals surface area contributed by atoms with Gasteiger partial charge in [0.25, 0.3) is 5.91 Å². The number of hydrogen-bond acceptors (Lipinski definition) is 6. The molecule has 2 aromatic heterocycles. The topological polar surface area (TPSA) is 89.1 Å². The monoisotopic (exact) mass is 294 g/mol. The number of thiazole rings is 1. The Kier molecular flexibility index (Phi) is 4.23. The van der Waals surface area contributed by atoms with Crippen LogP contribution in [-0.4, -0.2) is 34.3 Å². The average molecular weight is 294 g/mol. The summed E-state index contributed by atoms with van der Waals surface area (Å²) in [4.78, 5) is 18.8. The van der Waals surface area contributed by atoms with Crippen molar-refractivity contribution in [2.45, 2.75) is 13.3 Å². The molecule has 2 rings (SSSR count). The SMILES string of the molecule is CCCN(C)c1nc(N)c(C(=O)Nc2ccn(C)n2)s1. The third kappa shape index (κ3) is 3.08. The number of hydrogen-bond donors (Lipinski definition) is 2. The second kappa shape index (κ2) is 5.91. The minimum Gasteiger partial charge on any atom is -0.382 e. The van der Waals surface area contributed by atoms with Gasteiger partial charge in [-0.3, -0.25) is 9.48 Å². The quantitative estimate of drug-likeness (QED) is 0.873. The van der Waals surface area contributed by atoms with E-state index in [1.165, 1.54) is 11.3 Å². The highest BCUT2D eigenvalue weighted by Gasteiger charge is 2.18. The highest BCUT2D eigenvalue weighted by atomic mass is 32.1. The van der Waals surface area contributed by atoms with E-state index in [0.29, 0.717) is 10.7 Å². The van der Waals surface area contributed by atoms with E-state index in [2.05, 4.69) is 22.3 Å². The number of nitrogen functional groups attached to an aromatic ring is 1. The van der Waals surface area contributed by atoms with Crippen LogP contribution in [0.2, 0.25) is 0 Å². The van der Waals surface area contributed by atoms with Gasteiger partial charge in [-0.2, -0.15) is 5.10 Å². The lowest BCUT2D eigenvalue weighted by Gasteiger charge is -2.13. The molecule has 108 valence electrons. The summed E-state index contributed by atoms with van der Waals surface area (Å²) < 4.78 is 1.62. The Morgan fingerprint density at radius 2 is 2.35 bits per heavy atom. The van der Waals surface area contributed by atoms with E-state index in [-0.39, 0.29) is 11.7 Å². The number of aromatic nitrogens is 3. The van der Waals surface area contributed by atoms with E-state index in [9.17, 15) is 4.79 Å². The molecule has 1 amide bonds. The van der Waals surface area contributed by atoms with Crippen LogP contribution in [0.5, 0.6) is 0 Å². The first-order chi connectivity index (χ1) is 9.51. The van der Waals surface area contributed by atoms with Crippen LogP contribution in [-0.2, 0) is 7.05 Å². The molecule has 0 saturated carbocycles. The predicted octanol–water partition coefficient (Wildman–Crippen LogP) is 1.56. The molecule has 0 aliphatic heterocycles. The maximum Gasteiger partial charge on any atom is 0.270 e. The molecular weight excluding hydrogens is 276 g/mol. The first-order valence-corrected chi connectivity index (χ1v) is 7.11. The van der Waals surface area contributed by atoms with Crippen LogP contribution in [0.25, 0.3) is 0 Å². The smallest absolute Gasteiger partial charge is 0.270 e. The number of nitrogens with one attached hydrogen (secondary N) is 1. The molecule has 0 aliphatic carbocycles. The fourth-order valence-electron chi connectivity index (χ4n) is 1.73. The molecule has 0 saturated heterocycles. The molecule has 0 spiro atoms. The standard InChI is InChI=1S/C12H18N6OS/c1-4-6-17(2)12-15-10(13)9(20-12)11(19)14-8-5-7-18(3)16-8/h5,7H,4,6,13H2,1-3H3,(H,14,16,19). The molecule has 0 bridgehead atoms. The summed E-state index contributed by atoms with van der Waals surface area (Å²) in [5, 5.41) is 7.55. The molecule has 7 nitrogen and oxygen atoms in total. The summed E-state index contributed by atoms with van der Waals surface area (Å²) in [5.74, 6) is 0.463. The number of rotatable bonds is 5. The van der Waals surface area contributed by atoms with Crippen LogP contribution < -0.4 is 16.0 Å². The molecule has 0 fully saturated rings. The molecule has 0 atom stereocenters. The number of nitrogens with zero attached hydrogens (tertiary/aromatic N) is 4. The lowest BCUT2D eigenvalue weighted by atomic mass is 10.4. The summed E-state index contributed by atoms with van der Waals surface area (Å²) >= 11 is 1.28.